The van der Waals surface area contributed by atoms with Gasteiger partial charge in [-0.05, 0) is 18.6 Å². The Morgan fingerprint density at radius 2 is 2.25 bits per heavy atom. The minimum Gasteiger partial charge on any atom is -0.487 e. The third kappa shape index (κ3) is 2.70. The highest BCUT2D eigenvalue weighted by atomic mass is 16.6. The van der Waals surface area contributed by atoms with Gasteiger partial charge >= 0.3 is 5.69 Å². The Morgan fingerprint density at radius 3 is 2.75 bits per heavy atom. The van der Waals surface area contributed by atoms with Crippen molar-refractivity contribution in [2.45, 2.75) is 19.8 Å². The number of nitro groups is 1. The molecular formula is C11H15NO4. The summed E-state index contributed by atoms with van der Waals surface area (Å²) >= 11 is 0. The number of ether oxygens (including phenoxy) is 1. The van der Waals surface area contributed by atoms with Gasteiger partial charge in [0.2, 0.25) is 0 Å². The van der Waals surface area contributed by atoms with Gasteiger partial charge in [0, 0.05) is 18.6 Å². The van der Waals surface area contributed by atoms with Crippen molar-refractivity contribution in [3.05, 3.63) is 33.9 Å². The second-order valence-corrected chi connectivity index (χ2v) is 3.50. The highest BCUT2D eigenvalue weighted by Crippen LogP contribution is 2.30. The summed E-state index contributed by atoms with van der Waals surface area (Å²) in [6.45, 7) is 3.92. The predicted molar refractivity (Wildman–Crippen MR) is 59.8 cm³/mol. The maximum atomic E-state index is 10.8. The molecule has 0 aliphatic heterocycles. The van der Waals surface area contributed by atoms with E-state index >= 15 is 0 Å². The van der Waals surface area contributed by atoms with E-state index in [1.807, 2.05) is 0 Å². The fourth-order valence-electron chi connectivity index (χ4n) is 1.37. The van der Waals surface area contributed by atoms with Gasteiger partial charge in [0.1, 0.15) is 0 Å². The van der Waals surface area contributed by atoms with E-state index in [0.29, 0.717) is 6.61 Å². The van der Waals surface area contributed by atoms with Gasteiger partial charge in [0.05, 0.1) is 11.5 Å². The maximum absolute atomic E-state index is 10.8. The minimum atomic E-state index is -0.474. The molecule has 0 aliphatic carbocycles. The van der Waals surface area contributed by atoms with Gasteiger partial charge in [-0.25, -0.2) is 0 Å². The first-order chi connectivity index (χ1) is 7.60. The Kier molecular flexibility index (Phi) is 4.25. The summed E-state index contributed by atoms with van der Waals surface area (Å²) in [5, 5.41) is 19.8. The zero-order valence-corrected chi connectivity index (χ0v) is 9.34. The molecule has 0 amide bonds. The normalized spacial score (nSPS) is 12.2. The molecule has 0 spiro atoms. The molecule has 0 saturated heterocycles. The molecular weight excluding hydrogens is 210 g/mol. The van der Waals surface area contributed by atoms with E-state index in [4.69, 9.17) is 9.84 Å². The lowest BCUT2D eigenvalue weighted by Gasteiger charge is -2.10. The van der Waals surface area contributed by atoms with Gasteiger partial charge < -0.3 is 9.84 Å². The van der Waals surface area contributed by atoms with Crippen LogP contribution < -0.4 is 4.74 Å². The minimum absolute atomic E-state index is 0.0366. The van der Waals surface area contributed by atoms with E-state index in [1.165, 1.54) is 6.07 Å². The van der Waals surface area contributed by atoms with Crippen LogP contribution >= 0.6 is 0 Å². The topological polar surface area (TPSA) is 72.6 Å². The number of nitrogens with zero attached hydrogens (tertiary/aromatic N) is 1. The second kappa shape index (κ2) is 5.46. The largest absolute Gasteiger partial charge is 0.487 e. The lowest BCUT2D eigenvalue weighted by molar-refractivity contribution is -0.385. The molecule has 1 rings (SSSR count). The lowest BCUT2D eigenvalue weighted by Crippen LogP contribution is -2.02. The highest BCUT2D eigenvalue weighted by molar-refractivity contribution is 5.49. The van der Waals surface area contributed by atoms with Crippen LogP contribution in [0.25, 0.3) is 0 Å². The molecule has 16 heavy (non-hydrogen) atoms. The average Bonchev–Trinajstić information content (AvgIpc) is 2.28. The molecule has 1 aromatic rings. The van der Waals surface area contributed by atoms with Crippen LogP contribution in [0, 0.1) is 10.1 Å². The summed E-state index contributed by atoms with van der Waals surface area (Å²) in [6, 6.07) is 4.76. The van der Waals surface area contributed by atoms with Gasteiger partial charge in [0.25, 0.3) is 0 Å². The molecule has 0 aromatic heterocycles. The number of aliphatic hydroxyl groups excluding tert-OH is 1. The molecule has 1 N–H and O–H groups in total. The van der Waals surface area contributed by atoms with Crippen molar-refractivity contribution in [1.29, 1.82) is 0 Å². The van der Waals surface area contributed by atoms with Crippen molar-refractivity contribution in [2.24, 2.45) is 0 Å². The molecule has 5 nitrogen and oxygen atoms in total. The van der Waals surface area contributed by atoms with Crippen LogP contribution in [-0.4, -0.2) is 23.2 Å². The van der Waals surface area contributed by atoms with E-state index in [0.717, 1.165) is 5.56 Å². The summed E-state index contributed by atoms with van der Waals surface area (Å²) in [6.07, 6.45) is 0. The van der Waals surface area contributed by atoms with Gasteiger partial charge in [0.15, 0.2) is 5.75 Å². The van der Waals surface area contributed by atoms with Crippen molar-refractivity contribution >= 4 is 5.69 Å². The van der Waals surface area contributed by atoms with E-state index in [-0.39, 0.29) is 24.0 Å². The smallest absolute Gasteiger partial charge is 0.311 e. The van der Waals surface area contributed by atoms with Crippen LogP contribution in [0.2, 0.25) is 0 Å². The first-order valence-electron chi connectivity index (χ1n) is 5.12. The fraction of sp³-hybridized carbons (Fsp3) is 0.455. The summed E-state index contributed by atoms with van der Waals surface area (Å²) in [7, 11) is 0. The fourth-order valence-corrected chi connectivity index (χ4v) is 1.37. The molecule has 5 heteroatoms. The highest BCUT2D eigenvalue weighted by Gasteiger charge is 2.17. The number of nitro benzene ring substituents is 1. The van der Waals surface area contributed by atoms with E-state index in [9.17, 15) is 10.1 Å². The summed E-state index contributed by atoms with van der Waals surface area (Å²) in [4.78, 5) is 10.3. The predicted octanol–water partition coefficient (Wildman–Crippen LogP) is 2.09. The zero-order valence-electron chi connectivity index (χ0n) is 9.34. The summed E-state index contributed by atoms with van der Waals surface area (Å²) < 4.78 is 5.16. The van der Waals surface area contributed by atoms with E-state index < -0.39 is 4.92 Å². The quantitative estimate of drug-likeness (QED) is 0.615. The van der Waals surface area contributed by atoms with E-state index in [2.05, 4.69) is 0 Å². The Hall–Kier alpha value is -1.62. The number of hydrogen-bond donors (Lipinski definition) is 1. The number of aliphatic hydroxyl groups is 1. The standard InChI is InChI=1S/C11H15NO4/c1-3-16-11-5-4-9(8(2)7-13)6-10(11)12(14)15/h4-6,8,13H,3,7H2,1-2H3. The van der Waals surface area contributed by atoms with Gasteiger partial charge in [-0.3, -0.25) is 10.1 Å². The average molecular weight is 225 g/mol. The third-order valence-corrected chi connectivity index (χ3v) is 2.32. The molecule has 0 saturated carbocycles. The van der Waals surface area contributed by atoms with Crippen molar-refractivity contribution in [3.8, 4) is 5.75 Å². The molecule has 0 aliphatic rings. The second-order valence-electron chi connectivity index (χ2n) is 3.50. The van der Waals surface area contributed by atoms with Crippen LogP contribution in [0.4, 0.5) is 5.69 Å². The first-order valence-corrected chi connectivity index (χ1v) is 5.12. The molecule has 0 heterocycles. The van der Waals surface area contributed by atoms with E-state index in [1.54, 1.807) is 26.0 Å². The third-order valence-electron chi connectivity index (χ3n) is 2.32. The van der Waals surface area contributed by atoms with Crippen LogP contribution in [-0.2, 0) is 0 Å². The number of hydrogen-bond acceptors (Lipinski definition) is 4. The first kappa shape index (κ1) is 12.4. The van der Waals surface area contributed by atoms with Crippen molar-refractivity contribution in [1.82, 2.24) is 0 Å². The molecule has 0 radical (unpaired) electrons. The summed E-state index contributed by atoms with van der Waals surface area (Å²) in [5.74, 6) is 0.149. The van der Waals surface area contributed by atoms with Crippen LogP contribution in [0.1, 0.15) is 25.3 Å². The van der Waals surface area contributed by atoms with Crippen LogP contribution in [0.3, 0.4) is 0 Å². The summed E-state index contributed by atoms with van der Waals surface area (Å²) in [5.41, 5.74) is 0.678. The van der Waals surface area contributed by atoms with Crippen molar-refractivity contribution in [3.63, 3.8) is 0 Å². The molecule has 88 valence electrons. The van der Waals surface area contributed by atoms with Gasteiger partial charge in [-0.1, -0.05) is 13.0 Å². The molecule has 1 aromatic carbocycles. The monoisotopic (exact) mass is 225 g/mol. The van der Waals surface area contributed by atoms with Crippen LogP contribution in [0.5, 0.6) is 5.75 Å². The Morgan fingerprint density at radius 1 is 1.56 bits per heavy atom. The van der Waals surface area contributed by atoms with Crippen molar-refractivity contribution < 1.29 is 14.8 Å². The molecule has 1 unspecified atom stereocenters. The SMILES string of the molecule is CCOc1ccc(C(C)CO)cc1[N+](=O)[O-]. The van der Waals surface area contributed by atoms with Crippen LogP contribution in [0.15, 0.2) is 18.2 Å². The number of rotatable bonds is 5. The van der Waals surface area contributed by atoms with Gasteiger partial charge in [-0.15, -0.1) is 0 Å². The number of benzene rings is 1. The molecule has 0 bridgehead atoms. The Balaban J connectivity index is 3.12. The van der Waals surface area contributed by atoms with Crippen molar-refractivity contribution in [2.75, 3.05) is 13.2 Å². The maximum Gasteiger partial charge on any atom is 0.311 e. The Labute approximate surface area is 93.8 Å². The zero-order chi connectivity index (χ0) is 12.1. The molecule has 1 atom stereocenters. The Bertz CT molecular complexity index is 378. The molecule has 0 fully saturated rings. The lowest BCUT2D eigenvalue weighted by atomic mass is 10.0. The van der Waals surface area contributed by atoms with Gasteiger partial charge in [-0.2, -0.15) is 0 Å².